The van der Waals surface area contributed by atoms with Crippen molar-refractivity contribution in [2.45, 2.75) is 64.7 Å². The normalized spacial score (nSPS) is 10.5. The molecule has 0 bridgehead atoms. The van der Waals surface area contributed by atoms with Crippen LogP contribution in [0, 0.1) is 0 Å². The van der Waals surface area contributed by atoms with Crippen LogP contribution in [0.3, 0.4) is 0 Å². The molecule has 0 saturated carbocycles. The molecule has 0 fully saturated rings. The van der Waals surface area contributed by atoms with Gasteiger partial charge in [0.2, 0.25) is 0 Å². The monoisotopic (exact) mass is 244 g/mol. The van der Waals surface area contributed by atoms with E-state index >= 15 is 0 Å². The molecular weight excluding hydrogens is 216 g/mol. The van der Waals surface area contributed by atoms with Crippen molar-refractivity contribution in [3.05, 3.63) is 48.0 Å². The molecule has 18 heavy (non-hydrogen) atoms. The summed E-state index contributed by atoms with van der Waals surface area (Å²) >= 11 is 0. The molecule has 100 valence electrons. The van der Waals surface area contributed by atoms with Crippen molar-refractivity contribution in [3.8, 4) is 0 Å². The summed E-state index contributed by atoms with van der Waals surface area (Å²) in [5.41, 5.74) is 3.09. The molecule has 0 heteroatoms. The molecule has 0 aliphatic carbocycles. The fraction of sp³-hybridized carbons (Fsp3) is 0.556. The molecular formula is C18H28. The van der Waals surface area contributed by atoms with Gasteiger partial charge in [-0.2, -0.15) is 0 Å². The first kappa shape index (κ1) is 15.0. The summed E-state index contributed by atoms with van der Waals surface area (Å²) in [4.78, 5) is 0. The summed E-state index contributed by atoms with van der Waals surface area (Å²) in [7, 11) is 0. The van der Waals surface area contributed by atoms with Crippen LogP contribution in [0.1, 0.15) is 63.0 Å². The fourth-order valence-electron chi connectivity index (χ4n) is 2.46. The number of hydrogen-bond acceptors (Lipinski definition) is 0. The van der Waals surface area contributed by atoms with E-state index in [-0.39, 0.29) is 0 Å². The molecule has 0 saturated heterocycles. The number of aryl methyl sites for hydroxylation is 2. The van der Waals surface area contributed by atoms with Crippen LogP contribution in [0.15, 0.2) is 36.9 Å². The largest absolute Gasteiger partial charge is 0.103 e. The maximum atomic E-state index is 3.76. The van der Waals surface area contributed by atoms with Gasteiger partial charge in [-0.25, -0.2) is 0 Å². The topological polar surface area (TPSA) is 0 Å². The van der Waals surface area contributed by atoms with Gasteiger partial charge in [-0.15, -0.1) is 6.58 Å². The summed E-state index contributed by atoms with van der Waals surface area (Å²) in [5, 5.41) is 0. The van der Waals surface area contributed by atoms with Gasteiger partial charge in [0.1, 0.15) is 0 Å². The Bertz CT molecular complexity index is 325. The minimum absolute atomic E-state index is 1.16. The molecule has 0 heterocycles. The first-order chi connectivity index (χ1) is 8.88. The number of rotatable bonds is 10. The molecule has 0 aliphatic rings. The van der Waals surface area contributed by atoms with E-state index in [2.05, 4.69) is 37.8 Å². The van der Waals surface area contributed by atoms with Gasteiger partial charge >= 0.3 is 0 Å². The average Bonchev–Trinajstić information content (AvgIpc) is 2.42. The predicted octanol–water partition coefficient (Wildman–Crippen LogP) is 5.71. The standard InChI is InChI=1S/C18H28/c1-3-5-6-7-8-9-10-11-15-18-16-13-12-14-17(18)4-2/h3,12-14,16H,1,4-11,15H2,2H3. The minimum atomic E-state index is 1.16. The number of unbranched alkanes of at least 4 members (excludes halogenated alkanes) is 6. The Morgan fingerprint density at radius 1 is 0.889 bits per heavy atom. The molecule has 0 N–H and O–H groups in total. The highest BCUT2D eigenvalue weighted by molar-refractivity contribution is 5.26. The lowest BCUT2D eigenvalue weighted by Gasteiger charge is -2.07. The summed E-state index contributed by atoms with van der Waals surface area (Å²) < 4.78 is 0. The van der Waals surface area contributed by atoms with Crippen molar-refractivity contribution in [3.63, 3.8) is 0 Å². The van der Waals surface area contributed by atoms with Gasteiger partial charge in [0, 0.05) is 0 Å². The van der Waals surface area contributed by atoms with Crippen LogP contribution in [0.2, 0.25) is 0 Å². The van der Waals surface area contributed by atoms with Gasteiger partial charge in [-0.1, -0.05) is 62.9 Å². The number of hydrogen-bond donors (Lipinski definition) is 0. The van der Waals surface area contributed by atoms with Gasteiger partial charge in [0.05, 0.1) is 0 Å². The third kappa shape index (κ3) is 6.05. The van der Waals surface area contributed by atoms with Gasteiger partial charge in [-0.3, -0.25) is 0 Å². The van der Waals surface area contributed by atoms with Crippen LogP contribution in [-0.4, -0.2) is 0 Å². The fourth-order valence-corrected chi connectivity index (χ4v) is 2.46. The van der Waals surface area contributed by atoms with Gasteiger partial charge < -0.3 is 0 Å². The SMILES string of the molecule is C=CCCCCCCCCc1ccccc1CC. The van der Waals surface area contributed by atoms with E-state index in [4.69, 9.17) is 0 Å². The molecule has 0 radical (unpaired) electrons. The van der Waals surface area contributed by atoms with E-state index in [1.54, 1.807) is 5.56 Å². The molecule has 0 spiro atoms. The zero-order chi connectivity index (χ0) is 13.1. The third-order valence-electron chi connectivity index (χ3n) is 3.60. The van der Waals surface area contributed by atoms with Crippen LogP contribution < -0.4 is 0 Å². The highest BCUT2D eigenvalue weighted by atomic mass is 14.0. The zero-order valence-electron chi connectivity index (χ0n) is 12.0. The van der Waals surface area contributed by atoms with Crippen molar-refractivity contribution in [1.82, 2.24) is 0 Å². The van der Waals surface area contributed by atoms with E-state index in [1.165, 1.54) is 56.9 Å². The Morgan fingerprint density at radius 2 is 1.50 bits per heavy atom. The van der Waals surface area contributed by atoms with Crippen molar-refractivity contribution < 1.29 is 0 Å². The van der Waals surface area contributed by atoms with E-state index in [0.29, 0.717) is 0 Å². The van der Waals surface area contributed by atoms with E-state index in [1.807, 2.05) is 6.08 Å². The van der Waals surface area contributed by atoms with Crippen LogP contribution >= 0.6 is 0 Å². The number of allylic oxidation sites excluding steroid dienone is 1. The van der Waals surface area contributed by atoms with Crippen LogP contribution in [0.5, 0.6) is 0 Å². The van der Waals surface area contributed by atoms with E-state index in [0.717, 1.165) is 6.42 Å². The maximum absolute atomic E-state index is 3.76. The van der Waals surface area contributed by atoms with Crippen molar-refractivity contribution in [2.24, 2.45) is 0 Å². The molecule has 0 nitrogen and oxygen atoms in total. The zero-order valence-corrected chi connectivity index (χ0v) is 12.0. The molecule has 0 atom stereocenters. The summed E-state index contributed by atoms with van der Waals surface area (Å²) in [6.45, 7) is 6.01. The molecule has 1 aromatic carbocycles. The lowest BCUT2D eigenvalue weighted by atomic mass is 9.99. The lowest BCUT2D eigenvalue weighted by molar-refractivity contribution is 0.596. The van der Waals surface area contributed by atoms with Gasteiger partial charge in [0.25, 0.3) is 0 Å². The molecule has 0 aromatic heterocycles. The number of benzene rings is 1. The first-order valence-corrected chi connectivity index (χ1v) is 7.56. The maximum Gasteiger partial charge on any atom is -0.0276 e. The summed E-state index contributed by atoms with van der Waals surface area (Å²) in [6, 6.07) is 8.89. The Balaban J connectivity index is 2.08. The third-order valence-corrected chi connectivity index (χ3v) is 3.60. The Hall–Kier alpha value is -1.04. The minimum Gasteiger partial charge on any atom is -0.103 e. The van der Waals surface area contributed by atoms with Crippen LogP contribution in [-0.2, 0) is 12.8 Å². The Labute approximate surface area is 113 Å². The average molecular weight is 244 g/mol. The first-order valence-electron chi connectivity index (χ1n) is 7.56. The summed E-state index contributed by atoms with van der Waals surface area (Å²) in [5.74, 6) is 0. The summed E-state index contributed by atoms with van der Waals surface area (Å²) in [6.07, 6.45) is 13.8. The predicted molar refractivity (Wildman–Crippen MR) is 82.0 cm³/mol. The molecule has 1 aromatic rings. The highest BCUT2D eigenvalue weighted by Gasteiger charge is 1.99. The van der Waals surface area contributed by atoms with Crippen molar-refractivity contribution in [1.29, 1.82) is 0 Å². The Kier molecular flexibility index (Phi) is 8.29. The second-order valence-corrected chi connectivity index (χ2v) is 5.07. The van der Waals surface area contributed by atoms with Crippen molar-refractivity contribution in [2.75, 3.05) is 0 Å². The quantitative estimate of drug-likeness (QED) is 0.365. The highest BCUT2D eigenvalue weighted by Crippen LogP contribution is 2.14. The molecule has 0 amide bonds. The van der Waals surface area contributed by atoms with E-state index in [9.17, 15) is 0 Å². The second kappa shape index (κ2) is 9.94. The van der Waals surface area contributed by atoms with E-state index < -0.39 is 0 Å². The molecule has 0 aliphatic heterocycles. The molecule has 1 rings (SSSR count). The smallest absolute Gasteiger partial charge is 0.0276 e. The van der Waals surface area contributed by atoms with Crippen LogP contribution in [0.4, 0.5) is 0 Å². The van der Waals surface area contributed by atoms with Crippen LogP contribution in [0.25, 0.3) is 0 Å². The Morgan fingerprint density at radius 3 is 2.17 bits per heavy atom. The van der Waals surface area contributed by atoms with Crippen molar-refractivity contribution >= 4 is 0 Å². The molecule has 0 unspecified atom stereocenters. The second-order valence-electron chi connectivity index (χ2n) is 5.07. The van der Waals surface area contributed by atoms with Gasteiger partial charge in [-0.05, 0) is 43.2 Å². The van der Waals surface area contributed by atoms with Gasteiger partial charge in [0.15, 0.2) is 0 Å². The lowest BCUT2D eigenvalue weighted by Crippen LogP contribution is -1.92.